The van der Waals surface area contributed by atoms with Gasteiger partial charge in [-0.2, -0.15) is 5.26 Å². The van der Waals surface area contributed by atoms with Gasteiger partial charge in [-0.1, -0.05) is 11.6 Å². The van der Waals surface area contributed by atoms with Crippen LogP contribution in [0, 0.1) is 11.3 Å². The molecule has 1 aromatic carbocycles. The smallest absolute Gasteiger partial charge is 0.255 e. The predicted octanol–water partition coefficient (Wildman–Crippen LogP) is 1.69. The largest absolute Gasteiger partial charge is 0.507 e. The number of nitriles is 1. The average molecular weight is 225 g/mol. The van der Waals surface area contributed by atoms with Crippen molar-refractivity contribution in [3.8, 4) is 11.8 Å². The lowest BCUT2D eigenvalue weighted by Gasteiger charge is -2.04. The van der Waals surface area contributed by atoms with Crippen molar-refractivity contribution >= 4 is 17.5 Å². The number of rotatable bonds is 3. The highest BCUT2D eigenvalue weighted by Crippen LogP contribution is 2.21. The van der Waals surface area contributed by atoms with Crippen LogP contribution in [0.3, 0.4) is 0 Å². The molecule has 0 radical (unpaired) electrons. The van der Waals surface area contributed by atoms with Gasteiger partial charge in [-0.05, 0) is 18.2 Å². The average Bonchev–Trinajstić information content (AvgIpc) is 2.17. The summed E-state index contributed by atoms with van der Waals surface area (Å²) in [6, 6.07) is 6.14. The molecule has 15 heavy (non-hydrogen) atoms. The number of phenols is 1. The number of halogens is 1. The molecule has 0 saturated heterocycles. The van der Waals surface area contributed by atoms with E-state index in [1.165, 1.54) is 18.2 Å². The van der Waals surface area contributed by atoms with E-state index in [1.807, 2.05) is 6.07 Å². The summed E-state index contributed by atoms with van der Waals surface area (Å²) in [5.41, 5.74) is 0.150. The maximum atomic E-state index is 11.4. The number of benzene rings is 1. The van der Waals surface area contributed by atoms with E-state index in [1.54, 1.807) is 0 Å². The number of carbonyl (C=O) groups excluding carboxylic acids is 1. The van der Waals surface area contributed by atoms with Gasteiger partial charge in [-0.25, -0.2) is 0 Å². The van der Waals surface area contributed by atoms with Crippen LogP contribution in [0.2, 0.25) is 5.02 Å². The molecule has 0 unspecified atom stereocenters. The summed E-state index contributed by atoms with van der Waals surface area (Å²) < 4.78 is 0. The standard InChI is InChI=1S/C10H9ClN2O2/c11-7-2-3-8(9(14)6-7)10(15)13-5-1-4-12/h2-3,6,14H,1,5H2,(H,13,15). The number of aromatic hydroxyl groups is 1. The summed E-state index contributed by atoms with van der Waals surface area (Å²) in [6.07, 6.45) is 0.236. The van der Waals surface area contributed by atoms with E-state index >= 15 is 0 Å². The fourth-order valence-corrected chi connectivity index (χ4v) is 1.19. The lowest BCUT2D eigenvalue weighted by molar-refractivity contribution is 0.0952. The summed E-state index contributed by atoms with van der Waals surface area (Å²) in [5.74, 6) is -0.587. The van der Waals surface area contributed by atoms with Crippen molar-refractivity contribution in [2.45, 2.75) is 6.42 Å². The van der Waals surface area contributed by atoms with Gasteiger partial charge in [0.05, 0.1) is 18.1 Å². The van der Waals surface area contributed by atoms with Gasteiger partial charge in [-0.15, -0.1) is 0 Å². The molecule has 0 heterocycles. The molecule has 78 valence electrons. The van der Waals surface area contributed by atoms with Crippen molar-refractivity contribution in [1.29, 1.82) is 5.26 Å². The van der Waals surface area contributed by atoms with Crippen LogP contribution >= 0.6 is 11.6 Å². The van der Waals surface area contributed by atoms with Crippen LogP contribution < -0.4 is 5.32 Å². The fourth-order valence-electron chi connectivity index (χ4n) is 1.02. The zero-order chi connectivity index (χ0) is 11.3. The predicted molar refractivity (Wildman–Crippen MR) is 55.7 cm³/mol. The van der Waals surface area contributed by atoms with Gasteiger partial charge in [-0.3, -0.25) is 4.79 Å². The van der Waals surface area contributed by atoms with Crippen molar-refractivity contribution in [3.05, 3.63) is 28.8 Å². The first kappa shape index (κ1) is 11.3. The molecular weight excluding hydrogens is 216 g/mol. The molecule has 0 aliphatic heterocycles. The zero-order valence-corrected chi connectivity index (χ0v) is 8.58. The fraction of sp³-hybridized carbons (Fsp3) is 0.200. The van der Waals surface area contributed by atoms with E-state index in [2.05, 4.69) is 5.32 Å². The van der Waals surface area contributed by atoms with Crippen molar-refractivity contribution in [2.75, 3.05) is 6.54 Å². The quantitative estimate of drug-likeness (QED) is 0.768. The topological polar surface area (TPSA) is 73.1 Å². The van der Waals surface area contributed by atoms with E-state index in [9.17, 15) is 9.90 Å². The van der Waals surface area contributed by atoms with Crippen LogP contribution in [0.1, 0.15) is 16.8 Å². The molecule has 0 aliphatic rings. The summed E-state index contributed by atoms with van der Waals surface area (Å²) in [7, 11) is 0. The van der Waals surface area contributed by atoms with Crippen molar-refractivity contribution in [2.24, 2.45) is 0 Å². The van der Waals surface area contributed by atoms with E-state index in [4.69, 9.17) is 16.9 Å². The van der Waals surface area contributed by atoms with Gasteiger partial charge < -0.3 is 10.4 Å². The van der Waals surface area contributed by atoms with Crippen LogP contribution in [0.5, 0.6) is 5.75 Å². The number of carbonyl (C=O) groups is 1. The van der Waals surface area contributed by atoms with E-state index in [0.717, 1.165) is 0 Å². The van der Waals surface area contributed by atoms with Gasteiger partial charge in [0.2, 0.25) is 0 Å². The molecule has 1 aromatic rings. The van der Waals surface area contributed by atoms with Crippen molar-refractivity contribution in [1.82, 2.24) is 5.32 Å². The summed E-state index contributed by atoms with van der Waals surface area (Å²) in [4.78, 5) is 11.4. The Balaban J connectivity index is 2.70. The minimum absolute atomic E-state index is 0.150. The minimum Gasteiger partial charge on any atom is -0.507 e. The van der Waals surface area contributed by atoms with Crippen LogP contribution in [0.25, 0.3) is 0 Å². The maximum absolute atomic E-state index is 11.4. The Bertz CT molecular complexity index is 412. The molecule has 0 bridgehead atoms. The second kappa shape index (κ2) is 5.23. The Morgan fingerprint density at radius 3 is 2.93 bits per heavy atom. The van der Waals surface area contributed by atoms with E-state index < -0.39 is 5.91 Å². The minimum atomic E-state index is -0.417. The molecule has 5 heteroatoms. The molecule has 0 aliphatic carbocycles. The third kappa shape index (κ3) is 3.15. The normalized spacial score (nSPS) is 9.33. The number of hydrogen-bond acceptors (Lipinski definition) is 3. The van der Waals surface area contributed by atoms with E-state index in [0.29, 0.717) is 5.02 Å². The van der Waals surface area contributed by atoms with E-state index in [-0.39, 0.29) is 24.3 Å². The number of nitrogens with zero attached hydrogens (tertiary/aromatic N) is 1. The first-order valence-electron chi connectivity index (χ1n) is 4.29. The highest BCUT2D eigenvalue weighted by Gasteiger charge is 2.10. The Kier molecular flexibility index (Phi) is 3.95. The number of hydrogen-bond donors (Lipinski definition) is 2. The molecule has 4 nitrogen and oxygen atoms in total. The second-order valence-electron chi connectivity index (χ2n) is 2.83. The molecule has 0 atom stereocenters. The summed E-state index contributed by atoms with van der Waals surface area (Å²) >= 11 is 5.61. The molecule has 1 rings (SSSR count). The lowest BCUT2D eigenvalue weighted by Crippen LogP contribution is -2.24. The van der Waals surface area contributed by atoms with Crippen molar-refractivity contribution < 1.29 is 9.90 Å². The summed E-state index contributed by atoms with van der Waals surface area (Å²) in [6.45, 7) is 0.261. The van der Waals surface area contributed by atoms with Gasteiger partial charge in [0.25, 0.3) is 5.91 Å². The molecule has 0 fully saturated rings. The first-order chi connectivity index (χ1) is 7.15. The highest BCUT2D eigenvalue weighted by atomic mass is 35.5. The molecule has 0 aromatic heterocycles. The third-order valence-corrected chi connectivity index (χ3v) is 1.96. The Labute approximate surface area is 92.1 Å². The van der Waals surface area contributed by atoms with Gasteiger partial charge in [0.1, 0.15) is 5.75 Å². The SMILES string of the molecule is N#CCCNC(=O)c1ccc(Cl)cc1O. The van der Waals surface area contributed by atoms with Crippen LogP contribution in [0.4, 0.5) is 0 Å². The van der Waals surface area contributed by atoms with Crippen molar-refractivity contribution in [3.63, 3.8) is 0 Å². The Morgan fingerprint density at radius 1 is 1.60 bits per heavy atom. The molecular formula is C10H9ClN2O2. The third-order valence-electron chi connectivity index (χ3n) is 1.73. The molecule has 0 saturated carbocycles. The monoisotopic (exact) mass is 224 g/mol. The van der Waals surface area contributed by atoms with Crippen LogP contribution in [-0.4, -0.2) is 17.6 Å². The first-order valence-corrected chi connectivity index (χ1v) is 4.66. The van der Waals surface area contributed by atoms with Crippen LogP contribution in [0.15, 0.2) is 18.2 Å². The zero-order valence-electron chi connectivity index (χ0n) is 7.83. The molecule has 2 N–H and O–H groups in total. The lowest BCUT2D eigenvalue weighted by atomic mass is 10.2. The second-order valence-corrected chi connectivity index (χ2v) is 3.26. The van der Waals surface area contributed by atoms with Gasteiger partial charge >= 0.3 is 0 Å². The number of phenolic OH excluding ortho intramolecular Hbond substituents is 1. The molecule has 0 spiro atoms. The summed E-state index contributed by atoms with van der Waals surface area (Å²) in [5, 5.41) is 20.5. The Morgan fingerprint density at radius 2 is 2.33 bits per heavy atom. The van der Waals surface area contributed by atoms with Gasteiger partial charge in [0, 0.05) is 11.6 Å². The highest BCUT2D eigenvalue weighted by molar-refractivity contribution is 6.30. The number of nitrogens with one attached hydrogen (secondary N) is 1. The number of amides is 1. The Hall–Kier alpha value is -1.73. The molecule has 1 amide bonds. The maximum Gasteiger partial charge on any atom is 0.255 e. The van der Waals surface area contributed by atoms with Gasteiger partial charge in [0.15, 0.2) is 0 Å². The van der Waals surface area contributed by atoms with Crippen LogP contribution in [-0.2, 0) is 0 Å².